The molecule has 3 aromatic rings. The largest absolute Gasteiger partial charge is 0.325 e. The third-order valence-electron chi connectivity index (χ3n) is 5.11. The van der Waals surface area contributed by atoms with Crippen molar-refractivity contribution >= 4 is 45.9 Å². The zero-order chi connectivity index (χ0) is 21.5. The van der Waals surface area contributed by atoms with Crippen molar-refractivity contribution in [2.75, 3.05) is 11.9 Å². The second-order valence-corrected chi connectivity index (χ2v) is 7.62. The molecule has 0 saturated carbocycles. The van der Waals surface area contributed by atoms with Crippen molar-refractivity contribution in [3.05, 3.63) is 77.1 Å². The predicted molar refractivity (Wildman–Crippen MR) is 112 cm³/mol. The Morgan fingerprint density at radius 2 is 1.83 bits per heavy atom. The maximum atomic E-state index is 13.8. The lowest BCUT2D eigenvalue weighted by molar-refractivity contribution is -0.133. The van der Waals surface area contributed by atoms with Crippen LogP contribution < -0.4 is 10.6 Å². The predicted octanol–water partition coefficient (Wildman–Crippen LogP) is 4.04. The van der Waals surface area contributed by atoms with Crippen molar-refractivity contribution in [2.24, 2.45) is 0 Å². The average molecular weight is 426 g/mol. The summed E-state index contributed by atoms with van der Waals surface area (Å²) in [6, 6.07) is 16.1. The minimum Gasteiger partial charge on any atom is -0.322 e. The molecule has 0 aromatic heterocycles. The highest BCUT2D eigenvalue weighted by atomic mass is 35.5. The van der Waals surface area contributed by atoms with Crippen LogP contribution in [0.3, 0.4) is 0 Å². The molecule has 1 heterocycles. The molecule has 8 heteroatoms. The van der Waals surface area contributed by atoms with Crippen molar-refractivity contribution in [1.29, 1.82) is 0 Å². The fraction of sp³-hybridized carbons (Fsp3) is 0.136. The second kappa shape index (κ2) is 7.42. The molecule has 152 valence electrons. The smallest absolute Gasteiger partial charge is 0.322 e. The maximum absolute atomic E-state index is 13.8. The number of nitrogens with zero attached hydrogens (tertiary/aromatic N) is 1. The van der Waals surface area contributed by atoms with E-state index >= 15 is 0 Å². The van der Waals surface area contributed by atoms with E-state index in [0.717, 1.165) is 21.7 Å². The van der Waals surface area contributed by atoms with Gasteiger partial charge in [-0.3, -0.25) is 14.5 Å². The third-order valence-corrected chi connectivity index (χ3v) is 5.34. The Kier molecular flexibility index (Phi) is 4.91. The fourth-order valence-corrected chi connectivity index (χ4v) is 3.64. The number of benzene rings is 3. The topological polar surface area (TPSA) is 78.5 Å². The summed E-state index contributed by atoms with van der Waals surface area (Å²) in [4.78, 5) is 38.7. The molecule has 0 spiro atoms. The molecular formula is C22H17ClFN3O3. The number of anilines is 1. The highest BCUT2D eigenvalue weighted by Gasteiger charge is 2.49. The van der Waals surface area contributed by atoms with Gasteiger partial charge in [0.2, 0.25) is 5.91 Å². The van der Waals surface area contributed by atoms with Gasteiger partial charge in [-0.15, -0.1) is 0 Å². The summed E-state index contributed by atoms with van der Waals surface area (Å²) >= 11 is 5.82. The first-order chi connectivity index (χ1) is 14.3. The number of rotatable bonds is 4. The first kappa shape index (κ1) is 19.8. The third kappa shape index (κ3) is 3.48. The minimum atomic E-state index is -1.32. The summed E-state index contributed by atoms with van der Waals surface area (Å²) in [7, 11) is 0. The first-order valence-electron chi connectivity index (χ1n) is 9.16. The number of carbonyl (C=O) groups excluding carboxylic acids is 3. The molecule has 1 atom stereocenters. The molecule has 1 aliphatic heterocycles. The number of urea groups is 1. The van der Waals surface area contributed by atoms with Gasteiger partial charge in [0.1, 0.15) is 17.9 Å². The van der Waals surface area contributed by atoms with E-state index in [0.29, 0.717) is 5.56 Å². The standard InChI is InChI=1S/C22H17ClFN3O3/c1-22(15-7-6-13-4-2-3-5-14(13)10-15)20(29)27(21(30)26-22)12-19(28)25-18-11-16(23)8-9-17(18)24/h2-11H,12H2,1H3,(H,25,28)(H,26,30). The lowest BCUT2D eigenvalue weighted by atomic mass is 9.90. The summed E-state index contributed by atoms with van der Waals surface area (Å²) in [5, 5.41) is 7.17. The maximum Gasteiger partial charge on any atom is 0.325 e. The van der Waals surface area contributed by atoms with Crippen LogP contribution in [0.15, 0.2) is 60.7 Å². The fourth-order valence-electron chi connectivity index (χ4n) is 3.46. The van der Waals surface area contributed by atoms with E-state index in [1.165, 1.54) is 12.1 Å². The van der Waals surface area contributed by atoms with E-state index in [1.807, 2.05) is 36.4 Å². The molecule has 1 saturated heterocycles. The van der Waals surface area contributed by atoms with Crippen molar-refractivity contribution in [3.63, 3.8) is 0 Å². The number of fused-ring (bicyclic) bond motifs is 1. The normalized spacial score (nSPS) is 18.6. The molecule has 3 aromatic carbocycles. The molecule has 1 aliphatic rings. The van der Waals surface area contributed by atoms with Crippen molar-refractivity contribution in [3.8, 4) is 0 Å². The van der Waals surface area contributed by atoms with E-state index in [-0.39, 0.29) is 10.7 Å². The van der Waals surface area contributed by atoms with Crippen molar-refractivity contribution in [2.45, 2.75) is 12.5 Å². The quantitative estimate of drug-likeness (QED) is 0.619. The molecule has 4 rings (SSSR count). The Labute approximate surface area is 176 Å². The molecule has 0 bridgehead atoms. The highest BCUT2D eigenvalue weighted by molar-refractivity contribution is 6.30. The van der Waals surface area contributed by atoms with E-state index < -0.39 is 35.7 Å². The van der Waals surface area contributed by atoms with Crippen LogP contribution in [-0.2, 0) is 15.1 Å². The van der Waals surface area contributed by atoms with Gasteiger partial charge in [0.05, 0.1) is 5.69 Å². The average Bonchev–Trinajstić information content (AvgIpc) is 2.94. The molecular weight excluding hydrogens is 409 g/mol. The van der Waals surface area contributed by atoms with Crippen LogP contribution in [0.1, 0.15) is 12.5 Å². The van der Waals surface area contributed by atoms with Gasteiger partial charge in [0, 0.05) is 5.02 Å². The number of imide groups is 1. The minimum absolute atomic E-state index is 0.128. The van der Waals surface area contributed by atoms with Crippen LogP contribution in [0, 0.1) is 5.82 Å². The zero-order valence-corrected chi connectivity index (χ0v) is 16.7. The molecule has 4 amide bonds. The Balaban J connectivity index is 1.55. The summed E-state index contributed by atoms with van der Waals surface area (Å²) in [5.74, 6) is -1.96. The lowest BCUT2D eigenvalue weighted by Gasteiger charge is -2.22. The van der Waals surface area contributed by atoms with Gasteiger partial charge >= 0.3 is 6.03 Å². The van der Waals surface area contributed by atoms with Crippen LogP contribution in [0.4, 0.5) is 14.9 Å². The monoisotopic (exact) mass is 425 g/mol. The second-order valence-electron chi connectivity index (χ2n) is 7.18. The summed E-state index contributed by atoms with van der Waals surface area (Å²) < 4.78 is 13.8. The van der Waals surface area contributed by atoms with Crippen molar-refractivity contribution in [1.82, 2.24) is 10.2 Å². The van der Waals surface area contributed by atoms with Gasteiger partial charge in [-0.25, -0.2) is 9.18 Å². The van der Waals surface area contributed by atoms with Crippen LogP contribution in [0.25, 0.3) is 10.8 Å². The van der Waals surface area contributed by atoms with Gasteiger partial charge in [-0.1, -0.05) is 48.0 Å². The van der Waals surface area contributed by atoms with Gasteiger partial charge in [0.15, 0.2) is 0 Å². The molecule has 6 nitrogen and oxygen atoms in total. The number of amides is 4. The number of nitrogens with one attached hydrogen (secondary N) is 2. The Hall–Kier alpha value is -3.45. The van der Waals surface area contributed by atoms with Crippen LogP contribution >= 0.6 is 11.6 Å². The van der Waals surface area contributed by atoms with E-state index in [2.05, 4.69) is 10.6 Å². The van der Waals surface area contributed by atoms with Gasteiger partial charge in [0.25, 0.3) is 5.91 Å². The summed E-state index contributed by atoms with van der Waals surface area (Å²) in [6.45, 7) is 1.03. The number of carbonyl (C=O) groups is 3. The van der Waals surface area contributed by atoms with Crippen molar-refractivity contribution < 1.29 is 18.8 Å². The summed E-state index contributed by atoms with van der Waals surface area (Å²) in [6.07, 6.45) is 0. The first-order valence-corrected chi connectivity index (χ1v) is 9.54. The molecule has 0 radical (unpaired) electrons. The van der Waals surface area contributed by atoms with E-state index in [4.69, 9.17) is 11.6 Å². The SMILES string of the molecule is CC1(c2ccc3ccccc3c2)NC(=O)N(CC(=O)Nc2cc(Cl)ccc2F)C1=O. The summed E-state index contributed by atoms with van der Waals surface area (Å²) in [5.41, 5.74) is -0.844. The van der Waals surface area contributed by atoms with Gasteiger partial charge in [-0.05, 0) is 47.5 Å². The van der Waals surface area contributed by atoms with Gasteiger partial charge in [-0.2, -0.15) is 0 Å². The Morgan fingerprint density at radius 3 is 2.60 bits per heavy atom. The number of halogens is 2. The molecule has 0 aliphatic carbocycles. The number of hydrogen-bond donors (Lipinski definition) is 2. The molecule has 1 fully saturated rings. The molecule has 2 N–H and O–H groups in total. The zero-order valence-electron chi connectivity index (χ0n) is 15.9. The highest BCUT2D eigenvalue weighted by Crippen LogP contribution is 2.31. The lowest BCUT2D eigenvalue weighted by Crippen LogP contribution is -2.42. The Morgan fingerprint density at radius 1 is 1.10 bits per heavy atom. The van der Waals surface area contributed by atoms with Crippen LogP contribution in [0.2, 0.25) is 5.02 Å². The van der Waals surface area contributed by atoms with Gasteiger partial charge < -0.3 is 10.6 Å². The van der Waals surface area contributed by atoms with Crippen LogP contribution in [0.5, 0.6) is 0 Å². The Bertz CT molecular complexity index is 1200. The van der Waals surface area contributed by atoms with E-state index in [9.17, 15) is 18.8 Å². The number of hydrogen-bond acceptors (Lipinski definition) is 3. The molecule has 30 heavy (non-hydrogen) atoms. The molecule has 1 unspecified atom stereocenters. The van der Waals surface area contributed by atoms with E-state index in [1.54, 1.807) is 13.0 Å². The van der Waals surface area contributed by atoms with Crippen LogP contribution in [-0.4, -0.2) is 29.3 Å².